The zero-order valence-corrected chi connectivity index (χ0v) is 26.9. The summed E-state index contributed by atoms with van der Waals surface area (Å²) in [5.74, 6) is 1.50. The monoisotopic (exact) mass is 639 g/mol. The number of hydrogen-bond acceptors (Lipinski definition) is 9. The quantitative estimate of drug-likeness (QED) is 0.276. The Kier molecular flexibility index (Phi) is 7.64. The minimum atomic E-state index is -0.251. The number of nitrogens with one attached hydrogen (secondary N) is 2. The van der Waals surface area contributed by atoms with Crippen LogP contribution in [0.2, 0.25) is 0 Å². The summed E-state index contributed by atoms with van der Waals surface area (Å²) in [5.41, 5.74) is 3.35. The smallest absolute Gasteiger partial charge is 0.274 e. The van der Waals surface area contributed by atoms with Gasteiger partial charge in [-0.2, -0.15) is 0 Å². The van der Waals surface area contributed by atoms with E-state index in [1.165, 1.54) is 0 Å². The van der Waals surface area contributed by atoms with E-state index in [1.807, 2.05) is 54.2 Å². The van der Waals surface area contributed by atoms with Gasteiger partial charge in [-0.05, 0) is 74.3 Å². The highest BCUT2D eigenvalue weighted by Gasteiger charge is 2.46. The largest absolute Gasteiger partial charge is 0.497 e. The molecule has 8 rings (SSSR count). The maximum absolute atomic E-state index is 13.8. The van der Waals surface area contributed by atoms with Crippen LogP contribution in [0.4, 0.5) is 17.2 Å². The Balaban J connectivity index is 1.10. The van der Waals surface area contributed by atoms with Gasteiger partial charge in [0.25, 0.3) is 11.5 Å². The van der Waals surface area contributed by atoms with E-state index in [-0.39, 0.29) is 29.7 Å². The molecule has 12 nitrogen and oxygen atoms in total. The second-order valence-corrected chi connectivity index (χ2v) is 13.7. The normalized spacial score (nSPS) is 23.1. The van der Waals surface area contributed by atoms with Crippen LogP contribution in [0.15, 0.2) is 59.7 Å². The molecule has 4 aliphatic rings. The average molecular weight is 640 g/mol. The SMILES string of the molecule is COc1ccc(CN(C)c2cc(Nc3cccn(C4CCC5(CC4)COC5)c3=O)nn3c(C(=O)N[C@@H]4C[C@H]5CCO[C@H]54)cnc23)cc1. The number of nitrogens with zero attached hydrogens (tertiary/aromatic N) is 5. The number of imidazole rings is 1. The topological polar surface area (TPSA) is 124 Å². The Morgan fingerprint density at radius 3 is 2.68 bits per heavy atom. The zero-order valence-electron chi connectivity index (χ0n) is 26.9. The van der Waals surface area contributed by atoms with E-state index < -0.39 is 0 Å². The van der Waals surface area contributed by atoms with E-state index >= 15 is 0 Å². The van der Waals surface area contributed by atoms with Crippen LogP contribution < -0.4 is 25.8 Å². The highest BCUT2D eigenvalue weighted by Crippen LogP contribution is 2.45. The second kappa shape index (κ2) is 12.0. The Bertz CT molecular complexity index is 1840. The van der Waals surface area contributed by atoms with Crippen LogP contribution in [0.25, 0.3) is 5.65 Å². The summed E-state index contributed by atoms with van der Waals surface area (Å²) in [7, 11) is 3.62. The summed E-state index contributed by atoms with van der Waals surface area (Å²) in [6, 6.07) is 13.6. The van der Waals surface area contributed by atoms with Crippen LogP contribution in [0, 0.1) is 11.3 Å². The van der Waals surface area contributed by atoms with E-state index in [4.69, 9.17) is 19.3 Å². The molecule has 12 heteroatoms. The predicted molar refractivity (Wildman–Crippen MR) is 177 cm³/mol. The molecule has 246 valence electrons. The van der Waals surface area contributed by atoms with Gasteiger partial charge in [-0.15, -0.1) is 5.10 Å². The van der Waals surface area contributed by atoms with Crippen molar-refractivity contribution < 1.29 is 19.0 Å². The zero-order chi connectivity index (χ0) is 32.1. The van der Waals surface area contributed by atoms with Crippen molar-refractivity contribution in [3.8, 4) is 5.75 Å². The Hall–Kier alpha value is -4.42. The molecule has 2 N–H and O–H groups in total. The van der Waals surface area contributed by atoms with Crippen LogP contribution in [0.5, 0.6) is 5.75 Å². The van der Waals surface area contributed by atoms with Gasteiger partial charge < -0.3 is 34.3 Å². The lowest BCUT2D eigenvalue weighted by Gasteiger charge is -2.46. The van der Waals surface area contributed by atoms with Crippen molar-refractivity contribution in [2.24, 2.45) is 11.3 Å². The van der Waals surface area contributed by atoms with Crippen molar-refractivity contribution in [3.05, 3.63) is 76.5 Å². The first-order chi connectivity index (χ1) is 22.9. The van der Waals surface area contributed by atoms with Gasteiger partial charge in [-0.3, -0.25) is 9.59 Å². The minimum absolute atomic E-state index is 0.0201. The number of methoxy groups -OCH3 is 1. The van der Waals surface area contributed by atoms with Crippen LogP contribution >= 0.6 is 0 Å². The first kappa shape index (κ1) is 29.9. The van der Waals surface area contributed by atoms with Gasteiger partial charge >= 0.3 is 0 Å². The Labute approximate surface area is 273 Å². The second-order valence-electron chi connectivity index (χ2n) is 13.7. The van der Waals surface area contributed by atoms with Gasteiger partial charge in [0.1, 0.15) is 11.4 Å². The van der Waals surface area contributed by atoms with Crippen LogP contribution in [0.1, 0.15) is 60.6 Å². The standard InChI is InChI=1S/C35H41N7O5/c1-40(19-22-5-7-25(45-2)8-6-22)28-17-30(37-26-4-3-14-41(34(26)44)24-9-12-35(13-10-24)20-46-21-35)39-42-29(18-36-32(28)42)33(43)38-27-16-23-11-15-47-31(23)27/h3-8,14,17-18,23-24,27,31H,9-13,15-16,19-21H2,1-2H3,(H,37,39)(H,38,43)/t23-,27-,31-/m1/s1. The fourth-order valence-electron chi connectivity index (χ4n) is 7.74. The minimum Gasteiger partial charge on any atom is -0.497 e. The lowest BCUT2D eigenvalue weighted by atomic mass is 9.71. The predicted octanol–water partition coefficient (Wildman–Crippen LogP) is 4.32. The van der Waals surface area contributed by atoms with Gasteiger partial charge in [0.15, 0.2) is 17.2 Å². The van der Waals surface area contributed by atoms with Gasteiger partial charge in [0.05, 0.1) is 44.4 Å². The molecule has 4 fully saturated rings. The molecule has 4 aromatic rings. The van der Waals surface area contributed by atoms with Gasteiger partial charge in [0.2, 0.25) is 0 Å². The molecule has 2 saturated carbocycles. The number of anilines is 3. The molecule has 3 aromatic heterocycles. The summed E-state index contributed by atoms with van der Waals surface area (Å²) < 4.78 is 20.1. The summed E-state index contributed by atoms with van der Waals surface area (Å²) in [4.78, 5) is 34.1. The average Bonchev–Trinajstić information content (AvgIpc) is 3.67. The number of ether oxygens (including phenoxy) is 3. The number of fused-ring (bicyclic) bond motifs is 2. The van der Waals surface area contributed by atoms with Gasteiger partial charge in [-0.1, -0.05) is 12.1 Å². The molecule has 1 amide bonds. The number of carbonyl (C=O) groups is 1. The number of benzene rings is 1. The van der Waals surface area contributed by atoms with Crippen LogP contribution in [0.3, 0.4) is 0 Å². The molecular weight excluding hydrogens is 598 g/mol. The maximum atomic E-state index is 13.8. The molecule has 0 radical (unpaired) electrons. The first-order valence-electron chi connectivity index (χ1n) is 16.6. The fraction of sp³-hybridized carbons (Fsp3) is 0.486. The Morgan fingerprint density at radius 2 is 1.96 bits per heavy atom. The number of rotatable bonds is 9. The molecule has 0 unspecified atom stereocenters. The third-order valence-corrected chi connectivity index (χ3v) is 10.7. The van der Waals surface area contributed by atoms with E-state index in [2.05, 4.69) is 20.5 Å². The molecule has 5 heterocycles. The van der Waals surface area contributed by atoms with Crippen LogP contribution in [-0.2, 0) is 16.0 Å². The number of hydrogen-bond donors (Lipinski definition) is 2. The lowest BCUT2D eigenvalue weighted by molar-refractivity contribution is -0.135. The summed E-state index contributed by atoms with van der Waals surface area (Å²) in [5, 5.41) is 11.3. The number of amides is 1. The Morgan fingerprint density at radius 1 is 1.15 bits per heavy atom. The summed E-state index contributed by atoms with van der Waals surface area (Å²) >= 11 is 0. The van der Waals surface area contributed by atoms with Crippen molar-refractivity contribution in [1.82, 2.24) is 24.5 Å². The first-order valence-corrected chi connectivity index (χ1v) is 16.6. The van der Waals surface area contributed by atoms with Crippen molar-refractivity contribution in [2.75, 3.05) is 44.2 Å². The highest BCUT2D eigenvalue weighted by molar-refractivity contribution is 5.94. The van der Waals surface area contributed by atoms with Crippen molar-refractivity contribution in [3.63, 3.8) is 0 Å². The van der Waals surface area contributed by atoms with Crippen molar-refractivity contribution in [2.45, 2.75) is 63.3 Å². The number of carbonyl (C=O) groups excluding carboxylic acids is 1. The third-order valence-electron chi connectivity index (χ3n) is 10.7. The van der Waals surface area contributed by atoms with Crippen molar-refractivity contribution in [1.29, 1.82) is 0 Å². The van der Waals surface area contributed by atoms with Gasteiger partial charge in [0, 0.05) is 43.9 Å². The molecular formula is C35H41N7O5. The number of aromatic nitrogens is 4. The molecule has 1 aromatic carbocycles. The summed E-state index contributed by atoms with van der Waals surface area (Å²) in [6.07, 6.45) is 9.55. The molecule has 3 atom stereocenters. The van der Waals surface area contributed by atoms with Crippen LogP contribution in [-0.4, -0.2) is 71.2 Å². The molecule has 2 saturated heterocycles. The van der Waals surface area contributed by atoms with E-state index in [0.717, 1.165) is 75.3 Å². The highest BCUT2D eigenvalue weighted by atomic mass is 16.5. The van der Waals surface area contributed by atoms with Crippen molar-refractivity contribution >= 4 is 28.7 Å². The number of pyridine rings is 1. The lowest BCUT2D eigenvalue weighted by Crippen LogP contribution is -2.54. The van der Waals surface area contributed by atoms with E-state index in [0.29, 0.717) is 40.7 Å². The molecule has 1 spiro atoms. The van der Waals surface area contributed by atoms with E-state index in [1.54, 1.807) is 23.9 Å². The summed E-state index contributed by atoms with van der Waals surface area (Å²) in [6.45, 7) is 2.99. The molecule has 2 aliphatic carbocycles. The third kappa shape index (κ3) is 5.53. The molecule has 2 aliphatic heterocycles. The molecule has 0 bridgehead atoms. The molecule has 47 heavy (non-hydrogen) atoms. The van der Waals surface area contributed by atoms with Gasteiger partial charge in [-0.25, -0.2) is 9.50 Å². The maximum Gasteiger partial charge on any atom is 0.274 e. The van der Waals surface area contributed by atoms with E-state index in [9.17, 15) is 9.59 Å². The fourth-order valence-corrected chi connectivity index (χ4v) is 7.74.